The highest BCUT2D eigenvalue weighted by Gasteiger charge is 2.14. The average molecular weight is 421 g/mol. The standard InChI is InChI=1S/C25H28N2O4/c1-5-15-30-18(3)24-14-13-23(17(2)26-24)25(28)27-19-7-6-8-22(16-19)31-21-11-9-20(29-4)10-12-21/h6-14,16,18H,5,15H2,1-4H3,(H,27,28). The summed E-state index contributed by atoms with van der Waals surface area (Å²) in [4.78, 5) is 17.3. The molecule has 0 saturated carbocycles. The zero-order chi connectivity index (χ0) is 22.2. The predicted molar refractivity (Wildman–Crippen MR) is 121 cm³/mol. The van der Waals surface area contributed by atoms with Crippen LogP contribution in [0.4, 0.5) is 5.69 Å². The molecule has 0 radical (unpaired) electrons. The molecule has 0 bridgehead atoms. The fourth-order valence-electron chi connectivity index (χ4n) is 3.04. The normalized spacial score (nSPS) is 11.6. The molecule has 1 amide bonds. The molecule has 0 spiro atoms. The summed E-state index contributed by atoms with van der Waals surface area (Å²) in [7, 11) is 1.62. The van der Waals surface area contributed by atoms with Gasteiger partial charge in [0.05, 0.1) is 30.2 Å². The molecule has 162 valence electrons. The lowest BCUT2D eigenvalue weighted by atomic mass is 10.1. The van der Waals surface area contributed by atoms with E-state index < -0.39 is 0 Å². The van der Waals surface area contributed by atoms with E-state index in [2.05, 4.69) is 17.2 Å². The van der Waals surface area contributed by atoms with Gasteiger partial charge in [0.25, 0.3) is 5.91 Å². The van der Waals surface area contributed by atoms with E-state index in [1.165, 1.54) is 0 Å². The summed E-state index contributed by atoms with van der Waals surface area (Å²) in [5, 5.41) is 2.92. The molecular weight excluding hydrogens is 392 g/mol. The van der Waals surface area contributed by atoms with Gasteiger partial charge in [-0.25, -0.2) is 0 Å². The second kappa shape index (κ2) is 10.6. The fourth-order valence-corrected chi connectivity index (χ4v) is 3.04. The number of carbonyl (C=O) groups is 1. The van der Waals surface area contributed by atoms with Gasteiger partial charge in [0.1, 0.15) is 17.2 Å². The van der Waals surface area contributed by atoms with E-state index in [-0.39, 0.29) is 12.0 Å². The molecule has 0 aliphatic rings. The summed E-state index contributed by atoms with van der Waals surface area (Å²) in [6.07, 6.45) is 0.841. The lowest BCUT2D eigenvalue weighted by Crippen LogP contribution is -2.15. The smallest absolute Gasteiger partial charge is 0.257 e. The summed E-state index contributed by atoms with van der Waals surface area (Å²) in [6.45, 7) is 6.54. The number of nitrogens with zero attached hydrogens (tertiary/aromatic N) is 1. The number of hydrogen-bond donors (Lipinski definition) is 1. The Morgan fingerprint density at radius 2 is 1.77 bits per heavy atom. The highest BCUT2D eigenvalue weighted by molar-refractivity contribution is 6.05. The van der Waals surface area contributed by atoms with E-state index in [1.54, 1.807) is 19.2 Å². The molecular formula is C25H28N2O4. The molecule has 1 aromatic heterocycles. The minimum atomic E-state index is -0.222. The molecule has 0 saturated heterocycles. The topological polar surface area (TPSA) is 69.7 Å². The van der Waals surface area contributed by atoms with Gasteiger partial charge in [-0.05, 0) is 68.8 Å². The first-order valence-electron chi connectivity index (χ1n) is 10.3. The van der Waals surface area contributed by atoms with Crippen LogP contribution in [0.3, 0.4) is 0 Å². The number of amides is 1. The fraction of sp³-hybridized carbons (Fsp3) is 0.280. The monoisotopic (exact) mass is 420 g/mol. The number of ether oxygens (including phenoxy) is 3. The molecule has 3 rings (SSSR count). The van der Waals surface area contributed by atoms with Gasteiger partial charge < -0.3 is 19.5 Å². The summed E-state index contributed by atoms with van der Waals surface area (Å²) in [5.74, 6) is 1.84. The number of anilines is 1. The van der Waals surface area contributed by atoms with E-state index >= 15 is 0 Å². The number of aryl methyl sites for hydroxylation is 1. The maximum absolute atomic E-state index is 12.8. The predicted octanol–water partition coefficient (Wildman–Crippen LogP) is 5.93. The molecule has 0 aliphatic carbocycles. The first-order chi connectivity index (χ1) is 15.0. The highest BCUT2D eigenvalue weighted by Crippen LogP contribution is 2.26. The van der Waals surface area contributed by atoms with Crippen LogP contribution in [-0.4, -0.2) is 24.6 Å². The SMILES string of the molecule is CCCOC(C)c1ccc(C(=O)Nc2cccc(Oc3ccc(OC)cc3)c2)c(C)n1. The van der Waals surface area contributed by atoms with Gasteiger partial charge in [-0.15, -0.1) is 0 Å². The van der Waals surface area contributed by atoms with Crippen LogP contribution in [0.2, 0.25) is 0 Å². The van der Waals surface area contributed by atoms with Crippen LogP contribution < -0.4 is 14.8 Å². The number of rotatable bonds is 9. The molecule has 1 atom stereocenters. The quantitative estimate of drug-likeness (QED) is 0.464. The third-order valence-electron chi connectivity index (χ3n) is 4.73. The average Bonchev–Trinajstić information content (AvgIpc) is 2.78. The zero-order valence-electron chi connectivity index (χ0n) is 18.3. The lowest BCUT2D eigenvalue weighted by molar-refractivity contribution is 0.0632. The number of aromatic nitrogens is 1. The van der Waals surface area contributed by atoms with Crippen molar-refractivity contribution in [3.05, 3.63) is 77.6 Å². The summed E-state index contributed by atoms with van der Waals surface area (Å²) in [5.41, 5.74) is 2.64. The van der Waals surface area contributed by atoms with Crippen LogP contribution in [0.5, 0.6) is 17.2 Å². The second-order valence-electron chi connectivity index (χ2n) is 7.14. The Balaban J connectivity index is 1.68. The van der Waals surface area contributed by atoms with Gasteiger partial charge in [0.15, 0.2) is 0 Å². The van der Waals surface area contributed by atoms with Crippen molar-refractivity contribution in [2.24, 2.45) is 0 Å². The molecule has 6 heteroatoms. The highest BCUT2D eigenvalue weighted by atomic mass is 16.5. The van der Waals surface area contributed by atoms with Crippen molar-refractivity contribution in [1.29, 1.82) is 0 Å². The Hall–Kier alpha value is -3.38. The van der Waals surface area contributed by atoms with Crippen LogP contribution in [0.25, 0.3) is 0 Å². The summed E-state index contributed by atoms with van der Waals surface area (Å²) >= 11 is 0. The number of pyridine rings is 1. The second-order valence-corrected chi connectivity index (χ2v) is 7.14. The van der Waals surface area contributed by atoms with E-state index in [4.69, 9.17) is 14.2 Å². The van der Waals surface area contributed by atoms with Crippen LogP contribution in [-0.2, 0) is 4.74 Å². The van der Waals surface area contributed by atoms with Crippen molar-refractivity contribution in [3.63, 3.8) is 0 Å². The molecule has 3 aromatic rings. The van der Waals surface area contributed by atoms with Gasteiger partial charge >= 0.3 is 0 Å². The Morgan fingerprint density at radius 1 is 1.03 bits per heavy atom. The number of benzene rings is 2. The minimum absolute atomic E-state index is 0.109. The van der Waals surface area contributed by atoms with Crippen molar-refractivity contribution >= 4 is 11.6 Å². The van der Waals surface area contributed by atoms with Crippen molar-refractivity contribution in [2.75, 3.05) is 19.0 Å². The van der Waals surface area contributed by atoms with Crippen molar-refractivity contribution in [1.82, 2.24) is 4.98 Å². The zero-order valence-corrected chi connectivity index (χ0v) is 18.3. The van der Waals surface area contributed by atoms with Crippen molar-refractivity contribution in [2.45, 2.75) is 33.3 Å². The molecule has 1 heterocycles. The molecule has 2 aromatic carbocycles. The van der Waals surface area contributed by atoms with E-state index in [9.17, 15) is 4.79 Å². The van der Waals surface area contributed by atoms with Crippen molar-refractivity contribution < 1.29 is 19.0 Å². The third kappa shape index (κ3) is 6.06. The van der Waals surface area contributed by atoms with Gasteiger partial charge in [-0.2, -0.15) is 0 Å². The molecule has 0 fully saturated rings. The summed E-state index contributed by atoms with van der Waals surface area (Å²) in [6, 6.07) is 18.2. The minimum Gasteiger partial charge on any atom is -0.497 e. The van der Waals surface area contributed by atoms with Crippen LogP contribution in [0.1, 0.15) is 48.1 Å². The Labute approximate surface area is 183 Å². The maximum Gasteiger partial charge on any atom is 0.257 e. The van der Waals surface area contributed by atoms with Gasteiger partial charge in [-0.3, -0.25) is 9.78 Å². The Morgan fingerprint density at radius 3 is 2.45 bits per heavy atom. The van der Waals surface area contributed by atoms with E-state index in [0.717, 1.165) is 17.9 Å². The Kier molecular flexibility index (Phi) is 7.62. The van der Waals surface area contributed by atoms with Crippen LogP contribution >= 0.6 is 0 Å². The number of nitrogens with one attached hydrogen (secondary N) is 1. The van der Waals surface area contributed by atoms with Crippen molar-refractivity contribution in [3.8, 4) is 17.2 Å². The largest absolute Gasteiger partial charge is 0.497 e. The number of methoxy groups -OCH3 is 1. The molecule has 1 unspecified atom stereocenters. The lowest BCUT2D eigenvalue weighted by Gasteiger charge is -2.14. The van der Waals surface area contributed by atoms with Gasteiger partial charge in [-0.1, -0.05) is 13.0 Å². The van der Waals surface area contributed by atoms with Gasteiger partial charge in [0.2, 0.25) is 0 Å². The van der Waals surface area contributed by atoms with E-state index in [0.29, 0.717) is 35.1 Å². The number of hydrogen-bond acceptors (Lipinski definition) is 5. The molecule has 31 heavy (non-hydrogen) atoms. The van der Waals surface area contributed by atoms with E-state index in [1.807, 2.05) is 62.4 Å². The van der Waals surface area contributed by atoms with Crippen LogP contribution in [0, 0.1) is 6.92 Å². The molecule has 1 N–H and O–H groups in total. The summed E-state index contributed by atoms with van der Waals surface area (Å²) < 4.78 is 16.7. The van der Waals surface area contributed by atoms with Gasteiger partial charge in [0, 0.05) is 18.4 Å². The first kappa shape index (κ1) is 22.3. The molecule has 6 nitrogen and oxygen atoms in total. The van der Waals surface area contributed by atoms with Crippen LogP contribution in [0.15, 0.2) is 60.7 Å². The first-order valence-corrected chi connectivity index (χ1v) is 10.3. The number of carbonyl (C=O) groups excluding carboxylic acids is 1. The third-order valence-corrected chi connectivity index (χ3v) is 4.73. The maximum atomic E-state index is 12.8. The molecule has 0 aliphatic heterocycles. The Bertz CT molecular complexity index is 1020.